The van der Waals surface area contributed by atoms with Crippen LogP contribution in [0.25, 0.3) is 11.1 Å². The van der Waals surface area contributed by atoms with Crippen molar-refractivity contribution in [1.82, 2.24) is 9.88 Å². The fourth-order valence-corrected chi connectivity index (χ4v) is 3.05. The third-order valence-electron chi connectivity index (χ3n) is 4.34. The van der Waals surface area contributed by atoms with Crippen LogP contribution in [0, 0.1) is 11.6 Å². The summed E-state index contributed by atoms with van der Waals surface area (Å²) >= 11 is 0. The van der Waals surface area contributed by atoms with Crippen LogP contribution in [-0.4, -0.2) is 16.5 Å². The Hall–Kier alpha value is -2.96. The number of carbonyl (C=O) groups excluding carboxylic acids is 1. The van der Waals surface area contributed by atoms with Crippen LogP contribution in [-0.2, 0) is 17.8 Å². The molecule has 1 heterocycles. The number of hydrogen-bond acceptors (Lipinski definition) is 3. The van der Waals surface area contributed by atoms with Crippen molar-refractivity contribution in [2.45, 2.75) is 38.8 Å². The van der Waals surface area contributed by atoms with Gasteiger partial charge in [0.15, 0.2) is 5.58 Å². The quantitative estimate of drug-likeness (QED) is 0.689. The van der Waals surface area contributed by atoms with Gasteiger partial charge in [-0.2, -0.15) is 0 Å². The lowest BCUT2D eigenvalue weighted by Gasteiger charge is -2.15. The summed E-state index contributed by atoms with van der Waals surface area (Å²) in [6, 6.07) is 10.4. The maximum absolute atomic E-state index is 13.7. The molecule has 0 aliphatic carbocycles. The number of para-hydroxylation sites is 2. The number of fused-ring (bicyclic) bond motifs is 1. The van der Waals surface area contributed by atoms with E-state index < -0.39 is 23.4 Å². The summed E-state index contributed by atoms with van der Waals surface area (Å²) in [4.78, 5) is 24.0. The fourth-order valence-electron chi connectivity index (χ4n) is 3.05. The Balaban J connectivity index is 1.52. The van der Waals surface area contributed by atoms with Crippen molar-refractivity contribution in [2.24, 2.45) is 0 Å². The van der Waals surface area contributed by atoms with E-state index in [2.05, 4.69) is 5.32 Å². The smallest absolute Gasteiger partial charge is 0.408 e. The van der Waals surface area contributed by atoms with E-state index in [1.165, 1.54) is 22.8 Å². The van der Waals surface area contributed by atoms with Gasteiger partial charge in [-0.25, -0.2) is 13.6 Å². The second-order valence-electron chi connectivity index (χ2n) is 6.46. The number of oxazole rings is 1. The van der Waals surface area contributed by atoms with Gasteiger partial charge < -0.3 is 9.73 Å². The lowest BCUT2D eigenvalue weighted by atomic mass is 10.1. The van der Waals surface area contributed by atoms with Gasteiger partial charge in [0.25, 0.3) is 0 Å². The topological polar surface area (TPSA) is 64.2 Å². The van der Waals surface area contributed by atoms with Crippen LogP contribution in [0.3, 0.4) is 0 Å². The van der Waals surface area contributed by atoms with E-state index >= 15 is 0 Å². The molecule has 0 radical (unpaired) electrons. The Morgan fingerprint density at radius 2 is 1.85 bits per heavy atom. The van der Waals surface area contributed by atoms with E-state index in [9.17, 15) is 18.4 Å². The van der Waals surface area contributed by atoms with Crippen molar-refractivity contribution in [3.63, 3.8) is 0 Å². The van der Waals surface area contributed by atoms with Crippen molar-refractivity contribution in [3.05, 3.63) is 70.2 Å². The van der Waals surface area contributed by atoms with Crippen molar-refractivity contribution in [3.8, 4) is 0 Å². The zero-order chi connectivity index (χ0) is 19.4. The molecule has 1 amide bonds. The van der Waals surface area contributed by atoms with Gasteiger partial charge in [0.1, 0.15) is 11.6 Å². The van der Waals surface area contributed by atoms with Crippen LogP contribution in [0.4, 0.5) is 8.78 Å². The maximum Gasteiger partial charge on any atom is 0.419 e. The molecule has 1 N–H and O–H groups in total. The molecule has 0 aliphatic rings. The first-order valence-electron chi connectivity index (χ1n) is 8.76. The highest BCUT2D eigenvalue weighted by Gasteiger charge is 2.15. The zero-order valence-corrected chi connectivity index (χ0v) is 14.9. The molecule has 0 fully saturated rings. The zero-order valence-electron chi connectivity index (χ0n) is 14.9. The number of hydrogen-bond donors (Lipinski definition) is 1. The van der Waals surface area contributed by atoms with Crippen molar-refractivity contribution in [2.75, 3.05) is 0 Å². The van der Waals surface area contributed by atoms with E-state index in [0.717, 1.165) is 0 Å². The first-order chi connectivity index (χ1) is 13.0. The molecular formula is C20H20F2N2O3. The molecule has 0 saturated carbocycles. The normalized spacial score (nSPS) is 12.3. The molecule has 5 nitrogen and oxygen atoms in total. The van der Waals surface area contributed by atoms with Gasteiger partial charge in [0, 0.05) is 24.6 Å². The fraction of sp³-hybridized carbons (Fsp3) is 0.300. The number of aromatic nitrogens is 1. The Labute approximate surface area is 154 Å². The number of aryl methyl sites for hydroxylation is 1. The molecule has 2 aromatic carbocycles. The third-order valence-corrected chi connectivity index (χ3v) is 4.34. The molecule has 7 heteroatoms. The largest absolute Gasteiger partial charge is 0.419 e. The molecule has 0 bridgehead atoms. The molecule has 0 aliphatic heterocycles. The predicted octanol–water partition coefficient (Wildman–Crippen LogP) is 3.40. The molecule has 3 aromatic rings. The van der Waals surface area contributed by atoms with E-state index in [1.54, 1.807) is 25.1 Å². The Bertz CT molecular complexity index is 990. The minimum atomic E-state index is -0.623. The summed E-state index contributed by atoms with van der Waals surface area (Å²) in [6.07, 6.45) is 0.697. The van der Waals surface area contributed by atoms with Gasteiger partial charge >= 0.3 is 5.76 Å². The Morgan fingerprint density at radius 1 is 1.15 bits per heavy atom. The van der Waals surface area contributed by atoms with Crippen LogP contribution in [0.1, 0.15) is 25.3 Å². The number of nitrogens with zero attached hydrogens (tertiary/aromatic N) is 1. The lowest BCUT2D eigenvalue weighted by Crippen LogP contribution is -2.34. The number of nitrogens with one attached hydrogen (secondary N) is 1. The second kappa shape index (κ2) is 8.16. The average molecular weight is 374 g/mol. The van der Waals surface area contributed by atoms with Crippen LogP contribution in [0.2, 0.25) is 0 Å². The number of benzene rings is 2. The van der Waals surface area contributed by atoms with Crippen LogP contribution in [0.15, 0.2) is 51.7 Å². The van der Waals surface area contributed by atoms with E-state index in [0.29, 0.717) is 24.1 Å². The average Bonchev–Trinajstić information content (AvgIpc) is 2.94. The van der Waals surface area contributed by atoms with Crippen molar-refractivity contribution in [1.29, 1.82) is 0 Å². The molecule has 1 atom stereocenters. The highest BCUT2D eigenvalue weighted by Crippen LogP contribution is 2.15. The Morgan fingerprint density at radius 3 is 2.59 bits per heavy atom. The van der Waals surface area contributed by atoms with Crippen molar-refractivity contribution < 1.29 is 18.0 Å². The summed E-state index contributed by atoms with van der Waals surface area (Å²) < 4.78 is 34.0. The SMILES string of the molecule is CC(Cc1c(F)cccc1F)NC(=O)CCCn1c(=O)oc2ccccc21. The number of carbonyl (C=O) groups is 1. The highest BCUT2D eigenvalue weighted by molar-refractivity contribution is 5.76. The van der Waals surface area contributed by atoms with E-state index in [1.807, 2.05) is 6.07 Å². The number of rotatable bonds is 7. The van der Waals surface area contributed by atoms with Gasteiger partial charge in [-0.15, -0.1) is 0 Å². The summed E-state index contributed by atoms with van der Waals surface area (Å²) in [6.45, 7) is 2.04. The minimum Gasteiger partial charge on any atom is -0.408 e. The van der Waals surface area contributed by atoms with Gasteiger partial charge in [0.05, 0.1) is 5.52 Å². The first-order valence-corrected chi connectivity index (χ1v) is 8.76. The molecule has 27 heavy (non-hydrogen) atoms. The number of halogens is 2. The lowest BCUT2D eigenvalue weighted by molar-refractivity contribution is -0.121. The predicted molar refractivity (Wildman–Crippen MR) is 97.4 cm³/mol. The van der Waals surface area contributed by atoms with E-state index in [-0.39, 0.29) is 24.3 Å². The van der Waals surface area contributed by atoms with Gasteiger partial charge in [-0.05, 0) is 44.0 Å². The molecule has 1 aromatic heterocycles. The summed E-state index contributed by atoms with van der Waals surface area (Å²) in [5.41, 5.74) is 1.15. The second-order valence-corrected chi connectivity index (χ2v) is 6.46. The molecule has 0 spiro atoms. The monoisotopic (exact) mass is 374 g/mol. The van der Waals surface area contributed by atoms with Gasteiger partial charge in [-0.3, -0.25) is 9.36 Å². The van der Waals surface area contributed by atoms with Gasteiger partial charge in [0.2, 0.25) is 5.91 Å². The first kappa shape index (κ1) is 18.8. The minimum absolute atomic E-state index is 0.0401. The van der Waals surface area contributed by atoms with Gasteiger partial charge in [-0.1, -0.05) is 18.2 Å². The van der Waals surface area contributed by atoms with Crippen molar-refractivity contribution >= 4 is 17.0 Å². The Kier molecular flexibility index (Phi) is 5.69. The highest BCUT2D eigenvalue weighted by atomic mass is 19.1. The van der Waals surface area contributed by atoms with Crippen LogP contribution in [0.5, 0.6) is 0 Å². The number of amides is 1. The molecule has 0 saturated heterocycles. The summed E-state index contributed by atoms with van der Waals surface area (Å²) in [5, 5.41) is 2.73. The third kappa shape index (κ3) is 4.42. The molecule has 3 rings (SSSR count). The van der Waals surface area contributed by atoms with E-state index in [4.69, 9.17) is 4.42 Å². The molecule has 142 valence electrons. The maximum atomic E-state index is 13.7. The van der Waals surface area contributed by atoms with Crippen LogP contribution < -0.4 is 11.1 Å². The standard InChI is InChI=1S/C20H20F2N2O3/c1-13(12-14-15(21)6-4-7-16(14)22)23-19(25)10-5-11-24-17-8-2-3-9-18(17)27-20(24)26/h2-4,6-9,13H,5,10-12H2,1H3,(H,23,25). The summed E-state index contributed by atoms with van der Waals surface area (Å²) in [5.74, 6) is -1.94. The van der Waals surface area contributed by atoms with Crippen LogP contribution >= 0.6 is 0 Å². The summed E-state index contributed by atoms with van der Waals surface area (Å²) in [7, 11) is 0. The molecular weight excluding hydrogens is 354 g/mol. The molecule has 1 unspecified atom stereocenters.